The maximum Gasteiger partial charge on any atom is 0.217 e. The lowest BCUT2D eigenvalue weighted by atomic mass is 10.3. The number of nitrogens with zero attached hydrogens (tertiary/aromatic N) is 7. The Morgan fingerprint density at radius 2 is 1.63 bits per heavy atom. The van der Waals surface area contributed by atoms with Crippen LogP contribution in [0.2, 0.25) is 5.28 Å². The highest BCUT2D eigenvalue weighted by atomic mass is 35.5. The van der Waals surface area contributed by atoms with Crippen molar-refractivity contribution in [1.29, 1.82) is 21.0 Å². The average Bonchev–Trinajstić information content (AvgIpc) is 2.97. The van der Waals surface area contributed by atoms with Crippen molar-refractivity contribution in [3.63, 3.8) is 0 Å². The highest BCUT2D eigenvalue weighted by Crippen LogP contribution is 2.20. The van der Waals surface area contributed by atoms with Crippen LogP contribution in [0.1, 0.15) is 22.8 Å². The van der Waals surface area contributed by atoms with Crippen molar-refractivity contribution >= 4 is 11.6 Å². The molecule has 8 nitrogen and oxygen atoms in total. The number of nitrogens with one attached hydrogen (secondary N) is 1. The first kappa shape index (κ1) is 12.1. The van der Waals surface area contributed by atoms with Crippen LogP contribution >= 0.6 is 11.6 Å². The molecule has 2 rings (SSSR count). The van der Waals surface area contributed by atoms with Gasteiger partial charge in [-0.15, -0.1) is 0 Å². The second kappa shape index (κ2) is 4.50. The number of hydrogen-bond donors (Lipinski definition) is 1. The molecule has 0 unspecified atom stereocenters. The lowest BCUT2D eigenvalue weighted by Crippen LogP contribution is -2.00. The van der Waals surface area contributed by atoms with Crippen LogP contribution in [0.3, 0.4) is 0 Å². The number of halogens is 1. The minimum absolute atomic E-state index is 0.0244. The molecule has 9 heteroatoms. The van der Waals surface area contributed by atoms with Gasteiger partial charge in [0.05, 0.1) is 0 Å². The van der Waals surface area contributed by atoms with E-state index >= 15 is 0 Å². The Hall–Kier alpha value is -3.33. The van der Waals surface area contributed by atoms with E-state index in [0.29, 0.717) is 0 Å². The van der Waals surface area contributed by atoms with Crippen molar-refractivity contribution in [3.05, 3.63) is 28.1 Å². The van der Waals surface area contributed by atoms with Crippen molar-refractivity contribution in [2.75, 3.05) is 0 Å². The maximum atomic E-state index is 9.00. The number of imidazole rings is 2. The van der Waals surface area contributed by atoms with Crippen LogP contribution < -0.4 is 0 Å². The Kier molecular flexibility index (Phi) is 2.88. The maximum absolute atomic E-state index is 9.00. The summed E-state index contributed by atoms with van der Waals surface area (Å²) in [7, 11) is 0. The highest BCUT2D eigenvalue weighted by molar-refractivity contribution is 6.28. The number of aromatic amines is 1. The van der Waals surface area contributed by atoms with Gasteiger partial charge < -0.3 is 4.98 Å². The summed E-state index contributed by atoms with van der Waals surface area (Å²) in [6.45, 7) is 0. The number of nitriles is 4. The first-order valence-corrected chi connectivity index (χ1v) is 5.03. The minimum atomic E-state index is -0.171. The average molecular weight is 269 g/mol. The number of H-pyrrole nitrogens is 1. The molecule has 0 aliphatic carbocycles. The summed E-state index contributed by atoms with van der Waals surface area (Å²) in [6.07, 6.45) is 0. The molecule has 19 heavy (non-hydrogen) atoms. The Morgan fingerprint density at radius 3 is 2.11 bits per heavy atom. The van der Waals surface area contributed by atoms with Gasteiger partial charge >= 0.3 is 0 Å². The van der Waals surface area contributed by atoms with Crippen LogP contribution in [-0.4, -0.2) is 19.5 Å². The van der Waals surface area contributed by atoms with E-state index in [1.165, 1.54) is 0 Å². The molecule has 2 heterocycles. The highest BCUT2D eigenvalue weighted by Gasteiger charge is 2.20. The topological polar surface area (TPSA) is 142 Å². The molecule has 0 atom stereocenters. The summed E-state index contributed by atoms with van der Waals surface area (Å²) in [4.78, 5) is 10.0. The van der Waals surface area contributed by atoms with Crippen LogP contribution in [0.25, 0.3) is 5.95 Å². The lowest BCUT2D eigenvalue weighted by molar-refractivity contribution is 0.942. The normalized spacial score (nSPS) is 9.11. The lowest BCUT2D eigenvalue weighted by Gasteiger charge is -1.98. The van der Waals surface area contributed by atoms with Crippen molar-refractivity contribution in [2.24, 2.45) is 0 Å². The largest absolute Gasteiger partial charge is 0.314 e. The Morgan fingerprint density at radius 1 is 0.947 bits per heavy atom. The van der Waals surface area contributed by atoms with Gasteiger partial charge in [0, 0.05) is 0 Å². The van der Waals surface area contributed by atoms with E-state index in [0.717, 1.165) is 4.57 Å². The second-order valence-electron chi connectivity index (χ2n) is 3.14. The summed E-state index contributed by atoms with van der Waals surface area (Å²) in [5.74, 6) is -0.0244. The smallest absolute Gasteiger partial charge is 0.217 e. The number of hydrogen-bond acceptors (Lipinski definition) is 6. The first-order chi connectivity index (χ1) is 9.15. The minimum Gasteiger partial charge on any atom is -0.314 e. The summed E-state index contributed by atoms with van der Waals surface area (Å²) in [6, 6.07) is 6.96. The van der Waals surface area contributed by atoms with Crippen molar-refractivity contribution in [2.45, 2.75) is 0 Å². The van der Waals surface area contributed by atoms with E-state index in [1.54, 1.807) is 24.3 Å². The van der Waals surface area contributed by atoms with E-state index in [9.17, 15) is 0 Å². The second-order valence-corrected chi connectivity index (χ2v) is 3.48. The van der Waals surface area contributed by atoms with E-state index in [1.807, 2.05) is 0 Å². The standard InChI is InChI=1S/C10HClN8/c11-9-16-7(3-14)8(4-15)19(9)10-17-5(1-12)6(2-13)18-10/h(H,17,18). The zero-order valence-corrected chi connectivity index (χ0v) is 9.76. The molecule has 0 aromatic carbocycles. The van der Waals surface area contributed by atoms with Gasteiger partial charge in [0.1, 0.15) is 24.3 Å². The molecular weight excluding hydrogens is 268 g/mol. The van der Waals surface area contributed by atoms with Gasteiger partial charge in [0.2, 0.25) is 11.2 Å². The van der Waals surface area contributed by atoms with Gasteiger partial charge in [-0.3, -0.25) is 0 Å². The third kappa shape index (κ3) is 1.75. The fourth-order valence-corrected chi connectivity index (χ4v) is 1.65. The molecule has 2 aromatic heterocycles. The molecule has 0 amide bonds. The number of rotatable bonds is 1. The van der Waals surface area contributed by atoms with Crippen LogP contribution in [0.4, 0.5) is 0 Å². The van der Waals surface area contributed by atoms with Crippen LogP contribution in [-0.2, 0) is 0 Å². The monoisotopic (exact) mass is 268 g/mol. The van der Waals surface area contributed by atoms with E-state index < -0.39 is 0 Å². The van der Waals surface area contributed by atoms with Crippen LogP contribution in [0.15, 0.2) is 0 Å². The van der Waals surface area contributed by atoms with E-state index in [-0.39, 0.29) is 34.0 Å². The summed E-state index contributed by atoms with van der Waals surface area (Å²) in [5, 5.41) is 35.3. The predicted octanol–water partition coefficient (Wildman–Crippen LogP) is 0.736. The van der Waals surface area contributed by atoms with Crippen molar-refractivity contribution in [3.8, 4) is 30.2 Å². The summed E-state index contributed by atoms with van der Waals surface area (Å²) >= 11 is 5.81. The van der Waals surface area contributed by atoms with Gasteiger partial charge in [-0.2, -0.15) is 26.0 Å². The molecule has 0 aliphatic heterocycles. The first-order valence-electron chi connectivity index (χ1n) is 4.65. The zero-order valence-electron chi connectivity index (χ0n) is 9.01. The molecule has 1 N–H and O–H groups in total. The SMILES string of the molecule is N#Cc1nc(-n2c(Cl)nc(C#N)c2C#N)[nH]c1C#N. The van der Waals surface area contributed by atoms with Gasteiger partial charge in [0.25, 0.3) is 0 Å². The molecule has 0 aliphatic rings. The van der Waals surface area contributed by atoms with Crippen LogP contribution in [0.5, 0.6) is 0 Å². The zero-order chi connectivity index (χ0) is 14.0. The Balaban J connectivity index is 2.75. The van der Waals surface area contributed by atoms with Gasteiger partial charge in [-0.25, -0.2) is 9.55 Å². The molecular formula is C10HClN8. The van der Waals surface area contributed by atoms with E-state index in [4.69, 9.17) is 32.6 Å². The van der Waals surface area contributed by atoms with Crippen LogP contribution in [0, 0.1) is 45.3 Å². The Bertz CT molecular complexity index is 798. The van der Waals surface area contributed by atoms with Gasteiger partial charge in [0.15, 0.2) is 22.8 Å². The Labute approximate surface area is 111 Å². The molecule has 2 aromatic rings. The fraction of sp³-hybridized carbons (Fsp3) is 0. The fourth-order valence-electron chi connectivity index (χ4n) is 1.40. The predicted molar refractivity (Wildman–Crippen MR) is 59.6 cm³/mol. The van der Waals surface area contributed by atoms with Gasteiger partial charge in [-0.1, -0.05) is 0 Å². The summed E-state index contributed by atoms with van der Waals surface area (Å²) in [5.41, 5.74) is -0.495. The van der Waals surface area contributed by atoms with Crippen molar-refractivity contribution < 1.29 is 0 Å². The number of aromatic nitrogens is 4. The third-order valence-corrected chi connectivity index (χ3v) is 2.42. The van der Waals surface area contributed by atoms with Gasteiger partial charge in [-0.05, 0) is 11.6 Å². The molecule has 0 bridgehead atoms. The van der Waals surface area contributed by atoms with E-state index in [2.05, 4.69) is 15.0 Å². The third-order valence-electron chi connectivity index (χ3n) is 2.17. The molecule has 0 saturated heterocycles. The molecule has 88 valence electrons. The molecule has 0 fully saturated rings. The summed E-state index contributed by atoms with van der Waals surface area (Å²) < 4.78 is 1.06. The quantitative estimate of drug-likeness (QED) is 0.808. The van der Waals surface area contributed by atoms with Crippen molar-refractivity contribution in [1.82, 2.24) is 19.5 Å². The molecule has 0 spiro atoms. The molecule has 0 saturated carbocycles. The molecule has 0 radical (unpaired) electrons.